The Morgan fingerprint density at radius 3 is 2.74 bits per heavy atom. The summed E-state index contributed by atoms with van der Waals surface area (Å²) < 4.78 is 4.31. The number of hydrogen-bond donors (Lipinski definition) is 1. The van der Waals surface area contributed by atoms with Crippen LogP contribution in [-0.2, 0) is 6.54 Å². The van der Waals surface area contributed by atoms with Crippen LogP contribution < -0.4 is 5.32 Å². The van der Waals surface area contributed by atoms with E-state index in [1.165, 1.54) is 36.5 Å². The van der Waals surface area contributed by atoms with E-state index >= 15 is 0 Å². The first kappa shape index (κ1) is 12.0. The molecule has 0 bridgehead atoms. The molecule has 7 heteroatoms. The van der Waals surface area contributed by atoms with Crippen LogP contribution in [0.1, 0.15) is 30.1 Å². The highest BCUT2D eigenvalue weighted by atomic mass is 32.1. The van der Waals surface area contributed by atoms with Crippen LogP contribution >= 0.6 is 11.5 Å². The van der Waals surface area contributed by atoms with Gasteiger partial charge in [0.1, 0.15) is 5.82 Å². The second kappa shape index (κ2) is 4.93. The number of aromatic nitrogens is 2. The van der Waals surface area contributed by atoms with E-state index in [4.69, 9.17) is 0 Å². The summed E-state index contributed by atoms with van der Waals surface area (Å²) in [5.41, 5.74) is 1.09. The van der Waals surface area contributed by atoms with Gasteiger partial charge in [-0.2, -0.15) is 4.37 Å². The van der Waals surface area contributed by atoms with Gasteiger partial charge in [0, 0.05) is 36.1 Å². The third-order valence-corrected chi connectivity index (χ3v) is 3.66. The molecular weight excluding hydrogens is 264 g/mol. The van der Waals surface area contributed by atoms with Gasteiger partial charge in [-0.1, -0.05) is 12.1 Å². The summed E-state index contributed by atoms with van der Waals surface area (Å²) in [6.07, 6.45) is 2.39. The number of hydrogen-bond acceptors (Lipinski definition) is 6. The van der Waals surface area contributed by atoms with E-state index in [0.29, 0.717) is 12.5 Å². The summed E-state index contributed by atoms with van der Waals surface area (Å²) in [5.74, 6) is 1.50. The lowest BCUT2D eigenvalue weighted by atomic mass is 10.2. The summed E-state index contributed by atoms with van der Waals surface area (Å²) in [6, 6.07) is 6.50. The van der Waals surface area contributed by atoms with Gasteiger partial charge in [0.2, 0.25) is 5.13 Å². The maximum Gasteiger partial charge on any atom is 0.269 e. The number of rotatable bonds is 5. The molecule has 3 rings (SSSR count). The fourth-order valence-corrected chi connectivity index (χ4v) is 2.37. The summed E-state index contributed by atoms with van der Waals surface area (Å²) in [7, 11) is 0. The highest BCUT2D eigenvalue weighted by Crippen LogP contribution is 2.39. The molecule has 1 saturated carbocycles. The van der Waals surface area contributed by atoms with Gasteiger partial charge in [-0.25, -0.2) is 4.98 Å². The molecule has 1 fully saturated rings. The Morgan fingerprint density at radius 1 is 1.37 bits per heavy atom. The molecule has 1 aromatic heterocycles. The van der Waals surface area contributed by atoms with Crippen LogP contribution in [0.25, 0.3) is 0 Å². The van der Waals surface area contributed by atoms with E-state index in [1.807, 2.05) is 0 Å². The Hall–Kier alpha value is -2.02. The average molecular weight is 276 g/mol. The fraction of sp³-hybridized carbons (Fsp3) is 0.333. The molecule has 1 heterocycles. The van der Waals surface area contributed by atoms with Crippen LogP contribution in [0.4, 0.5) is 10.8 Å². The van der Waals surface area contributed by atoms with E-state index in [-0.39, 0.29) is 5.69 Å². The van der Waals surface area contributed by atoms with Gasteiger partial charge >= 0.3 is 0 Å². The molecule has 0 amide bonds. The molecule has 0 aliphatic heterocycles. The van der Waals surface area contributed by atoms with Crippen molar-refractivity contribution in [3.63, 3.8) is 0 Å². The van der Waals surface area contributed by atoms with Gasteiger partial charge < -0.3 is 5.32 Å². The summed E-state index contributed by atoms with van der Waals surface area (Å²) in [5, 5.41) is 14.5. The maximum absolute atomic E-state index is 10.5. The Kier molecular flexibility index (Phi) is 3.12. The number of benzene rings is 1. The highest BCUT2D eigenvalue weighted by Gasteiger charge is 2.27. The van der Waals surface area contributed by atoms with Gasteiger partial charge in [-0.3, -0.25) is 10.1 Å². The lowest BCUT2D eigenvalue weighted by Gasteiger charge is -2.01. The van der Waals surface area contributed by atoms with Crippen molar-refractivity contribution >= 4 is 22.4 Å². The molecule has 1 aliphatic carbocycles. The van der Waals surface area contributed by atoms with Crippen LogP contribution in [-0.4, -0.2) is 14.3 Å². The molecule has 2 aromatic rings. The zero-order valence-electron chi connectivity index (χ0n) is 10.1. The molecule has 0 spiro atoms. The molecule has 1 aliphatic rings. The van der Waals surface area contributed by atoms with E-state index in [1.54, 1.807) is 12.1 Å². The molecule has 0 saturated heterocycles. The smallest absolute Gasteiger partial charge is 0.269 e. The SMILES string of the molecule is O=[N+]([O-])c1ccc(CNc2nc(C3CC3)ns2)cc1. The van der Waals surface area contributed by atoms with E-state index in [9.17, 15) is 10.1 Å². The van der Waals surface area contributed by atoms with Crippen molar-refractivity contribution in [1.82, 2.24) is 9.36 Å². The number of nitrogens with one attached hydrogen (secondary N) is 1. The number of nitro groups is 1. The predicted molar refractivity (Wildman–Crippen MR) is 72.3 cm³/mol. The monoisotopic (exact) mass is 276 g/mol. The maximum atomic E-state index is 10.5. The van der Waals surface area contributed by atoms with Crippen LogP contribution in [0.15, 0.2) is 24.3 Å². The zero-order chi connectivity index (χ0) is 13.2. The zero-order valence-corrected chi connectivity index (χ0v) is 10.9. The first-order chi connectivity index (χ1) is 9.22. The second-order valence-electron chi connectivity index (χ2n) is 4.51. The molecule has 6 nitrogen and oxygen atoms in total. The van der Waals surface area contributed by atoms with Gasteiger partial charge in [-0.15, -0.1) is 0 Å². The van der Waals surface area contributed by atoms with Gasteiger partial charge in [-0.05, 0) is 18.4 Å². The minimum Gasteiger partial charge on any atom is -0.356 e. The molecule has 98 valence electrons. The minimum atomic E-state index is -0.399. The molecule has 19 heavy (non-hydrogen) atoms. The van der Waals surface area contributed by atoms with Crippen molar-refractivity contribution in [3.8, 4) is 0 Å². The van der Waals surface area contributed by atoms with Crippen molar-refractivity contribution < 1.29 is 4.92 Å². The van der Waals surface area contributed by atoms with E-state index < -0.39 is 4.92 Å². The molecule has 1 aromatic carbocycles. The number of non-ortho nitro benzene ring substituents is 1. The van der Waals surface area contributed by atoms with Crippen LogP contribution in [0, 0.1) is 10.1 Å². The van der Waals surface area contributed by atoms with Crippen molar-refractivity contribution in [2.75, 3.05) is 5.32 Å². The molecule has 1 N–H and O–H groups in total. The van der Waals surface area contributed by atoms with Gasteiger partial charge in [0.15, 0.2) is 0 Å². The van der Waals surface area contributed by atoms with Crippen LogP contribution in [0.5, 0.6) is 0 Å². The Labute approximate surface area is 113 Å². The summed E-state index contributed by atoms with van der Waals surface area (Å²) in [6.45, 7) is 0.595. The first-order valence-electron chi connectivity index (χ1n) is 6.03. The van der Waals surface area contributed by atoms with Crippen molar-refractivity contribution in [2.45, 2.75) is 25.3 Å². The number of nitro benzene ring substituents is 1. The van der Waals surface area contributed by atoms with E-state index in [0.717, 1.165) is 16.5 Å². The number of anilines is 1. The predicted octanol–water partition coefficient (Wildman–Crippen LogP) is 2.94. The van der Waals surface area contributed by atoms with Crippen LogP contribution in [0.2, 0.25) is 0 Å². The lowest BCUT2D eigenvalue weighted by molar-refractivity contribution is -0.384. The number of nitrogens with zero attached hydrogens (tertiary/aromatic N) is 3. The Morgan fingerprint density at radius 2 is 2.11 bits per heavy atom. The normalized spacial score (nSPS) is 14.3. The first-order valence-corrected chi connectivity index (χ1v) is 6.80. The largest absolute Gasteiger partial charge is 0.356 e. The third-order valence-electron chi connectivity index (χ3n) is 2.98. The molecular formula is C12H12N4O2S. The van der Waals surface area contributed by atoms with E-state index in [2.05, 4.69) is 14.7 Å². The van der Waals surface area contributed by atoms with Crippen molar-refractivity contribution in [3.05, 3.63) is 45.8 Å². The third kappa shape index (κ3) is 2.87. The average Bonchev–Trinajstić information content (AvgIpc) is 3.16. The lowest BCUT2D eigenvalue weighted by Crippen LogP contribution is -1.99. The standard InChI is InChI=1S/C12H12N4O2S/c17-16(18)10-5-1-8(2-6-10)7-13-12-14-11(15-19-12)9-3-4-9/h1-2,5-6,9H,3-4,7H2,(H,13,14,15). The summed E-state index contributed by atoms with van der Waals surface area (Å²) in [4.78, 5) is 14.6. The summed E-state index contributed by atoms with van der Waals surface area (Å²) >= 11 is 1.36. The van der Waals surface area contributed by atoms with Crippen molar-refractivity contribution in [2.24, 2.45) is 0 Å². The topological polar surface area (TPSA) is 81.0 Å². The Balaban J connectivity index is 1.59. The highest BCUT2D eigenvalue weighted by molar-refractivity contribution is 7.09. The van der Waals surface area contributed by atoms with Gasteiger partial charge in [0.25, 0.3) is 5.69 Å². The Bertz CT molecular complexity index is 592. The van der Waals surface area contributed by atoms with Crippen molar-refractivity contribution in [1.29, 1.82) is 0 Å². The molecule has 0 radical (unpaired) electrons. The second-order valence-corrected chi connectivity index (χ2v) is 5.26. The quantitative estimate of drug-likeness (QED) is 0.670. The minimum absolute atomic E-state index is 0.107. The van der Waals surface area contributed by atoms with Gasteiger partial charge in [0.05, 0.1) is 4.92 Å². The van der Waals surface area contributed by atoms with Crippen LogP contribution in [0.3, 0.4) is 0 Å². The molecule has 0 atom stereocenters. The molecule has 0 unspecified atom stereocenters. The fourth-order valence-electron chi connectivity index (χ4n) is 1.73.